The SMILES string of the molecule is O=C(CCN1C(=S)N[C@H](c2ccccn2)[C@H]1c1ccc(-c2ccc([N+](=O)[O-])cc2)o1)Nc1ccccc1. The quantitative estimate of drug-likeness (QED) is 0.187. The molecule has 0 radical (unpaired) electrons. The molecule has 2 aromatic heterocycles. The summed E-state index contributed by atoms with van der Waals surface area (Å²) < 4.78 is 6.25. The molecule has 10 heteroatoms. The maximum absolute atomic E-state index is 12.6. The van der Waals surface area contributed by atoms with Gasteiger partial charge in [-0.15, -0.1) is 0 Å². The minimum absolute atomic E-state index is 0.0102. The molecule has 9 nitrogen and oxygen atoms in total. The molecule has 0 bridgehead atoms. The average molecular weight is 514 g/mol. The smallest absolute Gasteiger partial charge is 0.269 e. The maximum Gasteiger partial charge on any atom is 0.269 e. The Bertz CT molecular complexity index is 1410. The molecule has 3 heterocycles. The third-order valence-corrected chi connectivity index (χ3v) is 6.47. The second-order valence-electron chi connectivity index (χ2n) is 8.49. The van der Waals surface area contributed by atoms with Crippen molar-refractivity contribution in [3.05, 3.63) is 113 Å². The number of anilines is 1. The number of nitro benzene ring substituents is 1. The van der Waals surface area contributed by atoms with Crippen LogP contribution in [0, 0.1) is 10.1 Å². The van der Waals surface area contributed by atoms with Crippen LogP contribution < -0.4 is 10.6 Å². The van der Waals surface area contributed by atoms with E-state index >= 15 is 0 Å². The first-order valence-electron chi connectivity index (χ1n) is 11.7. The number of non-ortho nitro benzene ring substituents is 1. The molecule has 186 valence electrons. The van der Waals surface area contributed by atoms with Crippen LogP contribution in [0.25, 0.3) is 11.3 Å². The van der Waals surface area contributed by atoms with Crippen LogP contribution in [-0.4, -0.2) is 32.4 Å². The van der Waals surface area contributed by atoms with Crippen molar-refractivity contribution in [2.75, 3.05) is 11.9 Å². The molecule has 0 saturated carbocycles. The highest BCUT2D eigenvalue weighted by atomic mass is 32.1. The van der Waals surface area contributed by atoms with Gasteiger partial charge in [0.1, 0.15) is 17.6 Å². The van der Waals surface area contributed by atoms with E-state index in [2.05, 4.69) is 15.6 Å². The van der Waals surface area contributed by atoms with Gasteiger partial charge in [0.15, 0.2) is 5.11 Å². The maximum atomic E-state index is 12.6. The van der Waals surface area contributed by atoms with E-state index in [-0.39, 0.29) is 30.1 Å². The molecule has 0 spiro atoms. The zero-order chi connectivity index (χ0) is 25.8. The van der Waals surface area contributed by atoms with Crippen LogP contribution in [-0.2, 0) is 4.79 Å². The Hall–Kier alpha value is -4.57. The third-order valence-electron chi connectivity index (χ3n) is 6.12. The molecule has 0 unspecified atom stereocenters. The number of aromatic nitrogens is 1. The zero-order valence-corrected chi connectivity index (χ0v) is 20.4. The van der Waals surface area contributed by atoms with Gasteiger partial charge in [-0.2, -0.15) is 0 Å². The average Bonchev–Trinajstić information content (AvgIpc) is 3.53. The number of nitrogens with zero attached hydrogens (tertiary/aromatic N) is 3. The van der Waals surface area contributed by atoms with Crippen LogP contribution in [0.1, 0.15) is 30.0 Å². The van der Waals surface area contributed by atoms with Gasteiger partial charge < -0.3 is 20.0 Å². The lowest BCUT2D eigenvalue weighted by atomic mass is 10.0. The predicted molar refractivity (Wildman–Crippen MR) is 143 cm³/mol. The standard InChI is InChI=1S/C27H23N5O4S/c33-24(29-19-6-2-1-3-7-19)15-17-31-26(25(30-27(31)37)21-8-4-5-16-28-21)23-14-13-22(36-23)18-9-11-20(12-10-18)32(34)35/h1-14,16,25-26H,15,17H2,(H,29,33)(H,30,37)/t25-,26-/m1/s1. The summed E-state index contributed by atoms with van der Waals surface area (Å²) in [5.41, 5.74) is 2.25. The van der Waals surface area contributed by atoms with Gasteiger partial charge in [0, 0.05) is 42.5 Å². The van der Waals surface area contributed by atoms with Gasteiger partial charge in [0.2, 0.25) is 5.91 Å². The van der Waals surface area contributed by atoms with Gasteiger partial charge in [0.05, 0.1) is 16.7 Å². The monoisotopic (exact) mass is 513 g/mol. The van der Waals surface area contributed by atoms with Gasteiger partial charge in [-0.1, -0.05) is 24.3 Å². The van der Waals surface area contributed by atoms with Crippen molar-refractivity contribution in [2.45, 2.75) is 18.5 Å². The first-order chi connectivity index (χ1) is 18.0. The van der Waals surface area contributed by atoms with E-state index in [1.807, 2.05) is 65.6 Å². The second-order valence-corrected chi connectivity index (χ2v) is 8.88. The number of carbonyl (C=O) groups is 1. The first kappa shape index (κ1) is 24.1. The fourth-order valence-electron chi connectivity index (χ4n) is 4.34. The molecule has 5 rings (SSSR count). The number of amides is 1. The molecule has 1 aliphatic rings. The van der Waals surface area contributed by atoms with Crippen molar-refractivity contribution in [3.63, 3.8) is 0 Å². The van der Waals surface area contributed by atoms with E-state index in [0.29, 0.717) is 28.7 Å². The highest BCUT2D eigenvalue weighted by molar-refractivity contribution is 7.80. The van der Waals surface area contributed by atoms with Gasteiger partial charge in [-0.3, -0.25) is 19.9 Å². The van der Waals surface area contributed by atoms with Crippen molar-refractivity contribution < 1.29 is 14.1 Å². The van der Waals surface area contributed by atoms with E-state index in [1.54, 1.807) is 18.3 Å². The van der Waals surface area contributed by atoms with Crippen LogP contribution in [0.5, 0.6) is 0 Å². The van der Waals surface area contributed by atoms with Gasteiger partial charge >= 0.3 is 0 Å². The number of hydrogen-bond acceptors (Lipinski definition) is 6. The molecule has 2 N–H and O–H groups in total. The highest BCUT2D eigenvalue weighted by Gasteiger charge is 2.41. The highest BCUT2D eigenvalue weighted by Crippen LogP contribution is 2.40. The molecule has 1 saturated heterocycles. The summed E-state index contributed by atoms with van der Waals surface area (Å²) in [6, 6.07) is 24.2. The Kier molecular flexibility index (Phi) is 6.91. The van der Waals surface area contributed by atoms with Crippen LogP contribution >= 0.6 is 12.2 Å². The Balaban J connectivity index is 1.40. The van der Waals surface area contributed by atoms with Crippen molar-refractivity contribution in [1.82, 2.24) is 15.2 Å². The van der Waals surface area contributed by atoms with Crippen LogP contribution in [0.15, 0.2) is 95.5 Å². The molecule has 2 atom stereocenters. The van der Waals surface area contributed by atoms with E-state index in [4.69, 9.17) is 16.6 Å². The summed E-state index contributed by atoms with van der Waals surface area (Å²) >= 11 is 5.67. The molecular formula is C27H23N5O4S. The van der Waals surface area contributed by atoms with E-state index in [0.717, 1.165) is 11.4 Å². The van der Waals surface area contributed by atoms with Gasteiger partial charge in [0.25, 0.3) is 5.69 Å². The fraction of sp³-hybridized carbons (Fsp3) is 0.148. The Morgan fingerprint density at radius 3 is 2.51 bits per heavy atom. The zero-order valence-electron chi connectivity index (χ0n) is 19.6. The topological polar surface area (TPSA) is 114 Å². The fourth-order valence-corrected chi connectivity index (χ4v) is 4.67. The van der Waals surface area contributed by atoms with Crippen molar-refractivity contribution in [3.8, 4) is 11.3 Å². The molecule has 37 heavy (non-hydrogen) atoms. The number of benzene rings is 2. The van der Waals surface area contributed by atoms with E-state index in [1.165, 1.54) is 12.1 Å². The lowest BCUT2D eigenvalue weighted by Crippen LogP contribution is -2.32. The minimum Gasteiger partial charge on any atom is -0.459 e. The van der Waals surface area contributed by atoms with E-state index in [9.17, 15) is 14.9 Å². The Morgan fingerprint density at radius 2 is 1.81 bits per heavy atom. The summed E-state index contributed by atoms with van der Waals surface area (Å²) in [6.07, 6.45) is 1.94. The predicted octanol–water partition coefficient (Wildman–Crippen LogP) is 5.25. The molecule has 4 aromatic rings. The first-order valence-corrected chi connectivity index (χ1v) is 12.1. The number of furan rings is 1. The molecule has 1 aliphatic heterocycles. The Labute approximate surface area is 218 Å². The summed E-state index contributed by atoms with van der Waals surface area (Å²) in [5, 5.41) is 17.7. The van der Waals surface area contributed by atoms with Gasteiger partial charge in [-0.25, -0.2) is 0 Å². The molecule has 1 fully saturated rings. The van der Waals surface area contributed by atoms with Gasteiger partial charge in [-0.05, 0) is 60.7 Å². The number of pyridine rings is 1. The van der Waals surface area contributed by atoms with E-state index < -0.39 is 4.92 Å². The second kappa shape index (κ2) is 10.6. The number of rotatable bonds is 8. The van der Waals surface area contributed by atoms with Crippen molar-refractivity contribution in [1.29, 1.82) is 0 Å². The number of carbonyl (C=O) groups excluding carboxylic acids is 1. The number of hydrogen-bond donors (Lipinski definition) is 2. The molecule has 0 aliphatic carbocycles. The summed E-state index contributed by atoms with van der Waals surface area (Å²) in [6.45, 7) is 0.367. The normalized spacial score (nSPS) is 16.9. The summed E-state index contributed by atoms with van der Waals surface area (Å²) in [5.74, 6) is 1.09. The summed E-state index contributed by atoms with van der Waals surface area (Å²) in [4.78, 5) is 29.7. The largest absolute Gasteiger partial charge is 0.459 e. The lowest BCUT2D eigenvalue weighted by Gasteiger charge is -2.25. The van der Waals surface area contributed by atoms with Crippen LogP contribution in [0.4, 0.5) is 11.4 Å². The van der Waals surface area contributed by atoms with Crippen LogP contribution in [0.2, 0.25) is 0 Å². The third kappa shape index (κ3) is 5.34. The van der Waals surface area contributed by atoms with Crippen LogP contribution in [0.3, 0.4) is 0 Å². The number of nitrogens with one attached hydrogen (secondary N) is 2. The molecule has 1 amide bonds. The van der Waals surface area contributed by atoms with Crippen molar-refractivity contribution >= 4 is 34.6 Å². The molecule has 2 aromatic carbocycles. The number of para-hydroxylation sites is 1. The minimum atomic E-state index is -0.439. The number of thiocarbonyl (C=S) groups is 1. The number of nitro groups is 1. The Morgan fingerprint density at radius 1 is 1.05 bits per heavy atom. The summed E-state index contributed by atoms with van der Waals surface area (Å²) in [7, 11) is 0. The molecular weight excluding hydrogens is 490 g/mol. The van der Waals surface area contributed by atoms with Crippen molar-refractivity contribution in [2.24, 2.45) is 0 Å². The lowest BCUT2D eigenvalue weighted by molar-refractivity contribution is -0.384.